The summed E-state index contributed by atoms with van der Waals surface area (Å²) in [5.74, 6) is 0. The predicted octanol–water partition coefficient (Wildman–Crippen LogP) is 4.42. The Hall–Kier alpha value is 0.137. The van der Waals surface area contributed by atoms with Gasteiger partial charge in [-0.15, -0.1) is 0 Å². The van der Waals surface area contributed by atoms with Gasteiger partial charge in [-0.2, -0.15) is 0 Å². The van der Waals surface area contributed by atoms with Gasteiger partial charge in [-0.1, -0.05) is 27.7 Å². The van der Waals surface area contributed by atoms with Gasteiger partial charge in [0.2, 0.25) is 0 Å². The van der Waals surface area contributed by atoms with Crippen LogP contribution in [0.5, 0.6) is 0 Å². The van der Waals surface area contributed by atoms with E-state index in [1.165, 1.54) is 38.6 Å². The van der Waals surface area contributed by atoms with Gasteiger partial charge >= 0.3 is 0 Å². The Balaban J connectivity index is 1.95. The Morgan fingerprint density at radius 2 is 1.95 bits per heavy atom. The largest absolute Gasteiger partial charge is 0.415 e. The molecule has 0 amide bonds. The van der Waals surface area contributed by atoms with E-state index in [-0.39, 0.29) is 0 Å². The summed E-state index contributed by atoms with van der Waals surface area (Å²) in [7, 11) is -1.58. The summed E-state index contributed by atoms with van der Waals surface area (Å²) < 4.78 is 6.47. The number of hydrogen-bond acceptors (Lipinski definition) is 2. The first-order valence-electron chi connectivity index (χ1n) is 8.13. The Morgan fingerprint density at radius 1 is 1.26 bits per heavy atom. The molecule has 0 aromatic carbocycles. The minimum Gasteiger partial charge on any atom is -0.415 e. The van der Waals surface area contributed by atoms with E-state index in [1.54, 1.807) is 0 Å². The summed E-state index contributed by atoms with van der Waals surface area (Å²) in [4.78, 5) is 2.79. The molecule has 2 aliphatic rings. The lowest BCUT2D eigenvalue weighted by Crippen LogP contribution is -2.47. The molecular weight excluding hydrogens is 250 g/mol. The second kappa shape index (κ2) is 5.16. The van der Waals surface area contributed by atoms with Crippen molar-refractivity contribution in [3.8, 4) is 0 Å². The van der Waals surface area contributed by atoms with Gasteiger partial charge in [0.1, 0.15) is 0 Å². The number of hydrogen-bond donors (Lipinski definition) is 0. The van der Waals surface area contributed by atoms with Crippen molar-refractivity contribution < 1.29 is 4.43 Å². The lowest BCUT2D eigenvalue weighted by molar-refractivity contribution is 0.106. The highest BCUT2D eigenvalue weighted by Gasteiger charge is 2.48. The van der Waals surface area contributed by atoms with Crippen molar-refractivity contribution in [1.82, 2.24) is 4.90 Å². The predicted molar refractivity (Wildman–Crippen MR) is 85.1 cm³/mol. The van der Waals surface area contributed by atoms with Crippen molar-refractivity contribution in [1.29, 1.82) is 0 Å². The molecule has 112 valence electrons. The van der Waals surface area contributed by atoms with E-state index in [1.807, 2.05) is 0 Å². The van der Waals surface area contributed by atoms with Gasteiger partial charge in [0.15, 0.2) is 8.32 Å². The molecule has 0 radical (unpaired) electrons. The Kier molecular flexibility index (Phi) is 4.21. The molecule has 2 atom stereocenters. The maximum atomic E-state index is 6.47. The van der Waals surface area contributed by atoms with Crippen molar-refractivity contribution in [2.24, 2.45) is 0 Å². The van der Waals surface area contributed by atoms with E-state index in [4.69, 9.17) is 4.43 Å². The van der Waals surface area contributed by atoms with Crippen molar-refractivity contribution in [3.63, 3.8) is 0 Å². The minimum absolute atomic E-state index is 0.332. The van der Waals surface area contributed by atoms with E-state index in [9.17, 15) is 0 Å². The van der Waals surface area contributed by atoms with Crippen molar-refractivity contribution in [2.45, 2.75) is 89.5 Å². The molecule has 3 heteroatoms. The van der Waals surface area contributed by atoms with Gasteiger partial charge in [-0.3, -0.25) is 4.90 Å². The molecule has 2 heterocycles. The number of nitrogens with zero attached hydrogens (tertiary/aromatic N) is 1. The van der Waals surface area contributed by atoms with Crippen LogP contribution < -0.4 is 0 Å². The number of rotatable bonds is 4. The standard InChI is InChI=1S/C16H33NOSi/c1-7-16-10-8-12-17(16)14(9-11-16)13-18-19(5,6)15(2,3)4/h14H,7-13H2,1-6H3/t14-,16-/m1/s1. The fourth-order valence-corrected chi connectivity index (χ4v) is 4.68. The molecule has 0 N–H and O–H groups in total. The van der Waals surface area contributed by atoms with Crippen LogP contribution in [0.1, 0.15) is 59.8 Å². The molecule has 0 unspecified atom stereocenters. The van der Waals surface area contributed by atoms with E-state index in [0.29, 0.717) is 16.6 Å². The highest BCUT2D eigenvalue weighted by Crippen LogP contribution is 2.45. The summed E-state index contributed by atoms with van der Waals surface area (Å²) >= 11 is 0. The first-order chi connectivity index (χ1) is 8.72. The lowest BCUT2D eigenvalue weighted by atomic mass is 9.91. The van der Waals surface area contributed by atoms with Crippen LogP contribution in [0.15, 0.2) is 0 Å². The topological polar surface area (TPSA) is 12.5 Å². The first-order valence-corrected chi connectivity index (χ1v) is 11.0. The molecule has 2 nitrogen and oxygen atoms in total. The zero-order chi connectivity index (χ0) is 14.3. The average Bonchev–Trinajstić information content (AvgIpc) is 2.83. The fraction of sp³-hybridized carbons (Fsp3) is 1.00. The molecule has 0 aromatic rings. The van der Waals surface area contributed by atoms with Crippen LogP contribution in [0.2, 0.25) is 18.1 Å². The molecule has 0 aromatic heterocycles. The fourth-order valence-electron chi connectivity index (χ4n) is 3.64. The van der Waals surface area contributed by atoms with Crippen molar-refractivity contribution in [3.05, 3.63) is 0 Å². The second-order valence-corrected chi connectivity index (χ2v) is 12.9. The van der Waals surface area contributed by atoms with Gasteiger partial charge in [0.25, 0.3) is 0 Å². The molecule has 0 bridgehead atoms. The third-order valence-electron chi connectivity index (χ3n) is 6.13. The van der Waals surface area contributed by atoms with Crippen molar-refractivity contribution in [2.75, 3.05) is 13.2 Å². The van der Waals surface area contributed by atoms with E-state index in [0.717, 1.165) is 6.61 Å². The van der Waals surface area contributed by atoms with E-state index >= 15 is 0 Å². The monoisotopic (exact) mass is 283 g/mol. The summed E-state index contributed by atoms with van der Waals surface area (Å²) in [6, 6.07) is 0.691. The zero-order valence-electron chi connectivity index (χ0n) is 13.9. The third-order valence-corrected chi connectivity index (χ3v) is 10.6. The normalized spacial score (nSPS) is 32.8. The molecule has 0 aliphatic carbocycles. The minimum atomic E-state index is -1.58. The Bertz CT molecular complexity index is 323. The second-order valence-electron chi connectivity index (χ2n) is 8.14. The van der Waals surface area contributed by atoms with Crippen LogP contribution in [0.3, 0.4) is 0 Å². The zero-order valence-corrected chi connectivity index (χ0v) is 14.9. The smallest absolute Gasteiger partial charge is 0.192 e. The van der Waals surface area contributed by atoms with E-state index in [2.05, 4.69) is 45.7 Å². The quantitative estimate of drug-likeness (QED) is 0.708. The van der Waals surface area contributed by atoms with Crippen LogP contribution in [-0.4, -0.2) is 37.9 Å². The van der Waals surface area contributed by atoms with Crippen LogP contribution in [0.25, 0.3) is 0 Å². The molecule has 0 spiro atoms. The van der Waals surface area contributed by atoms with Crippen LogP contribution >= 0.6 is 0 Å². The average molecular weight is 284 g/mol. The summed E-state index contributed by atoms with van der Waals surface area (Å²) in [6.07, 6.45) is 6.88. The Morgan fingerprint density at radius 3 is 2.53 bits per heavy atom. The molecule has 2 fully saturated rings. The van der Waals surface area contributed by atoms with Gasteiger partial charge in [-0.25, -0.2) is 0 Å². The van der Waals surface area contributed by atoms with Gasteiger partial charge in [0, 0.05) is 18.2 Å². The van der Waals surface area contributed by atoms with E-state index < -0.39 is 8.32 Å². The molecule has 2 rings (SSSR count). The van der Waals surface area contributed by atoms with Crippen LogP contribution in [0, 0.1) is 0 Å². The van der Waals surface area contributed by atoms with Crippen LogP contribution in [-0.2, 0) is 4.43 Å². The van der Waals surface area contributed by atoms with Gasteiger partial charge < -0.3 is 4.43 Å². The Labute approximate surface area is 121 Å². The highest BCUT2D eigenvalue weighted by molar-refractivity contribution is 6.74. The van der Waals surface area contributed by atoms with Gasteiger partial charge in [-0.05, 0) is 56.8 Å². The SMILES string of the molecule is CC[C@]12CCCN1[C@@H](CO[Si](C)(C)C(C)(C)C)CC2. The molecule has 2 aliphatic heterocycles. The molecule has 0 saturated carbocycles. The maximum Gasteiger partial charge on any atom is 0.192 e. The summed E-state index contributed by atoms with van der Waals surface area (Å²) in [5, 5.41) is 0.332. The highest BCUT2D eigenvalue weighted by atomic mass is 28.4. The van der Waals surface area contributed by atoms with Crippen LogP contribution in [0.4, 0.5) is 0 Å². The van der Waals surface area contributed by atoms with Gasteiger partial charge in [0.05, 0.1) is 0 Å². The molecule has 2 saturated heterocycles. The lowest BCUT2D eigenvalue weighted by Gasteiger charge is -2.39. The van der Waals surface area contributed by atoms with Crippen molar-refractivity contribution >= 4 is 8.32 Å². The third kappa shape index (κ3) is 2.79. The maximum absolute atomic E-state index is 6.47. The molecule has 19 heavy (non-hydrogen) atoms. The molecular formula is C16H33NOSi. The summed E-state index contributed by atoms with van der Waals surface area (Å²) in [6.45, 7) is 16.4. The number of fused-ring (bicyclic) bond motifs is 1. The first kappa shape index (κ1) is 15.5. The summed E-state index contributed by atoms with van der Waals surface area (Å²) in [5.41, 5.74) is 0.543.